The van der Waals surface area contributed by atoms with E-state index in [9.17, 15) is 4.79 Å². The van der Waals surface area contributed by atoms with Gasteiger partial charge in [-0.25, -0.2) is 0 Å². The normalized spacial score (nSPS) is 7.50. The van der Waals surface area contributed by atoms with Gasteiger partial charge >= 0.3 is 0 Å². The van der Waals surface area contributed by atoms with E-state index in [0.717, 1.165) is 0 Å². The average molecular weight is 159 g/mol. The van der Waals surface area contributed by atoms with Crippen LogP contribution in [0.1, 0.15) is 0 Å². The standard InChI is InChI=1S/C5H5NO.Cu/c7-5-3-1-2-4-6-5;/h1-4H,(H,6,7);. The van der Waals surface area contributed by atoms with E-state index in [0.29, 0.717) is 0 Å². The van der Waals surface area contributed by atoms with Gasteiger partial charge < -0.3 is 4.98 Å². The molecule has 0 bridgehead atoms. The van der Waals surface area contributed by atoms with Crippen LogP contribution in [0.15, 0.2) is 29.2 Å². The topological polar surface area (TPSA) is 32.9 Å². The van der Waals surface area contributed by atoms with E-state index in [1.807, 2.05) is 0 Å². The van der Waals surface area contributed by atoms with E-state index >= 15 is 0 Å². The van der Waals surface area contributed by atoms with Gasteiger partial charge in [-0.2, -0.15) is 0 Å². The van der Waals surface area contributed by atoms with Crippen LogP contribution in [0.5, 0.6) is 0 Å². The number of hydrogen-bond donors (Lipinski definition) is 1. The van der Waals surface area contributed by atoms with Gasteiger partial charge in [-0.3, -0.25) is 4.79 Å². The molecule has 0 aromatic carbocycles. The molecule has 0 amide bonds. The quantitative estimate of drug-likeness (QED) is 0.544. The van der Waals surface area contributed by atoms with Crippen molar-refractivity contribution < 1.29 is 17.1 Å². The van der Waals surface area contributed by atoms with Gasteiger partial charge in [0.25, 0.3) is 0 Å². The van der Waals surface area contributed by atoms with Crippen molar-refractivity contribution in [2.75, 3.05) is 0 Å². The summed E-state index contributed by atoms with van der Waals surface area (Å²) in [7, 11) is 0. The van der Waals surface area contributed by atoms with Crippen molar-refractivity contribution in [1.82, 2.24) is 4.98 Å². The molecule has 1 N–H and O–H groups in total. The minimum atomic E-state index is -0.0532. The molecule has 0 spiro atoms. The molecule has 47 valence electrons. The van der Waals surface area contributed by atoms with Crippen LogP contribution in [0.3, 0.4) is 0 Å². The fraction of sp³-hybridized carbons (Fsp3) is 0. The SMILES string of the molecule is O=c1cccc[nH]1.[Cu]. The summed E-state index contributed by atoms with van der Waals surface area (Å²) in [6, 6.07) is 4.93. The fourth-order valence-corrected chi connectivity index (χ4v) is 0.377. The number of pyridine rings is 1. The second-order valence-electron chi connectivity index (χ2n) is 1.23. The first-order valence-corrected chi connectivity index (χ1v) is 2.03. The molecule has 1 radical (unpaired) electrons. The monoisotopic (exact) mass is 158 g/mol. The number of H-pyrrole nitrogens is 1. The predicted molar refractivity (Wildman–Crippen MR) is 27.1 cm³/mol. The molecule has 1 rings (SSSR count). The summed E-state index contributed by atoms with van der Waals surface area (Å²) < 4.78 is 0. The maximum atomic E-state index is 10.2. The molecule has 8 heavy (non-hydrogen) atoms. The first-order valence-electron chi connectivity index (χ1n) is 2.03. The number of nitrogens with one attached hydrogen (secondary N) is 1. The van der Waals surface area contributed by atoms with Crippen LogP contribution in [0.4, 0.5) is 0 Å². The Labute approximate surface area is 57.4 Å². The molecule has 0 saturated carbocycles. The Morgan fingerprint density at radius 2 is 2.12 bits per heavy atom. The van der Waals surface area contributed by atoms with Crippen LogP contribution in [0.25, 0.3) is 0 Å². The van der Waals surface area contributed by atoms with Gasteiger partial charge in [0.1, 0.15) is 0 Å². The number of aromatic amines is 1. The molecule has 0 saturated heterocycles. The Bertz CT molecular complexity index is 178. The summed E-state index contributed by atoms with van der Waals surface area (Å²) in [5.41, 5.74) is -0.0532. The summed E-state index contributed by atoms with van der Waals surface area (Å²) in [4.78, 5) is 12.7. The van der Waals surface area contributed by atoms with Gasteiger partial charge in [-0.15, -0.1) is 0 Å². The molecule has 3 heteroatoms. The van der Waals surface area contributed by atoms with Crippen molar-refractivity contribution in [2.45, 2.75) is 0 Å². The second kappa shape index (κ2) is 3.47. The van der Waals surface area contributed by atoms with Gasteiger partial charge in [-0.05, 0) is 6.07 Å². The Hall–Kier alpha value is -0.531. The molecule has 0 aliphatic carbocycles. The summed E-state index contributed by atoms with van der Waals surface area (Å²) in [6.45, 7) is 0. The van der Waals surface area contributed by atoms with Crippen LogP contribution < -0.4 is 5.56 Å². The fourth-order valence-electron chi connectivity index (χ4n) is 0.377. The first-order chi connectivity index (χ1) is 3.39. The largest absolute Gasteiger partial charge is 0.329 e. The van der Waals surface area contributed by atoms with Gasteiger partial charge in [0.05, 0.1) is 0 Å². The molecule has 1 aromatic heterocycles. The maximum absolute atomic E-state index is 10.2. The third-order valence-corrected chi connectivity index (χ3v) is 0.681. The van der Waals surface area contributed by atoms with E-state index in [4.69, 9.17) is 0 Å². The third-order valence-electron chi connectivity index (χ3n) is 0.681. The molecule has 0 aliphatic rings. The van der Waals surface area contributed by atoms with E-state index in [2.05, 4.69) is 4.98 Å². The van der Waals surface area contributed by atoms with Crippen molar-refractivity contribution in [3.8, 4) is 0 Å². The summed E-state index contributed by atoms with van der Waals surface area (Å²) >= 11 is 0. The molecule has 0 fully saturated rings. The Balaban J connectivity index is 0.000000490. The zero-order chi connectivity index (χ0) is 5.11. The molecular weight excluding hydrogens is 154 g/mol. The van der Waals surface area contributed by atoms with Crippen LogP contribution in [0.2, 0.25) is 0 Å². The first kappa shape index (κ1) is 7.47. The predicted octanol–water partition coefficient (Wildman–Crippen LogP) is 0.372. The van der Waals surface area contributed by atoms with Crippen molar-refractivity contribution in [2.24, 2.45) is 0 Å². The van der Waals surface area contributed by atoms with Gasteiger partial charge in [0.2, 0.25) is 5.56 Å². The van der Waals surface area contributed by atoms with Crippen molar-refractivity contribution >= 4 is 0 Å². The maximum Gasteiger partial charge on any atom is 0.247 e. The number of hydrogen-bond acceptors (Lipinski definition) is 1. The van der Waals surface area contributed by atoms with Crippen molar-refractivity contribution in [1.29, 1.82) is 0 Å². The van der Waals surface area contributed by atoms with Gasteiger partial charge in [-0.1, -0.05) is 6.07 Å². The smallest absolute Gasteiger partial charge is 0.247 e. The summed E-state index contributed by atoms with van der Waals surface area (Å²) in [5.74, 6) is 0. The van der Waals surface area contributed by atoms with Crippen molar-refractivity contribution in [3.05, 3.63) is 34.7 Å². The Morgan fingerprint density at radius 3 is 2.38 bits per heavy atom. The molecule has 0 atom stereocenters. The zero-order valence-electron chi connectivity index (χ0n) is 4.02. The van der Waals surface area contributed by atoms with Crippen LogP contribution in [-0.2, 0) is 17.1 Å². The van der Waals surface area contributed by atoms with E-state index in [1.54, 1.807) is 18.3 Å². The number of rotatable bonds is 0. The van der Waals surface area contributed by atoms with E-state index < -0.39 is 0 Å². The van der Waals surface area contributed by atoms with Crippen LogP contribution in [0, 0.1) is 0 Å². The average Bonchev–Trinajstić information content (AvgIpc) is 1.69. The molecular formula is C5H5CuNO. The molecule has 0 unspecified atom stereocenters. The second-order valence-corrected chi connectivity index (χ2v) is 1.23. The summed E-state index contributed by atoms with van der Waals surface area (Å²) in [5, 5.41) is 0. The summed E-state index contributed by atoms with van der Waals surface area (Å²) in [6.07, 6.45) is 1.60. The zero-order valence-corrected chi connectivity index (χ0v) is 4.96. The van der Waals surface area contributed by atoms with E-state index in [1.165, 1.54) is 6.07 Å². The molecule has 0 aliphatic heterocycles. The third kappa shape index (κ3) is 1.96. The van der Waals surface area contributed by atoms with E-state index in [-0.39, 0.29) is 22.6 Å². The van der Waals surface area contributed by atoms with Crippen LogP contribution >= 0.6 is 0 Å². The minimum absolute atomic E-state index is 0. The van der Waals surface area contributed by atoms with Gasteiger partial charge in [0, 0.05) is 29.3 Å². The molecule has 1 heterocycles. The minimum Gasteiger partial charge on any atom is -0.329 e. The number of aromatic nitrogens is 1. The van der Waals surface area contributed by atoms with Crippen molar-refractivity contribution in [3.63, 3.8) is 0 Å². The van der Waals surface area contributed by atoms with Crippen LogP contribution in [-0.4, -0.2) is 4.98 Å². The Kier molecular flexibility index (Phi) is 3.24. The van der Waals surface area contributed by atoms with Gasteiger partial charge in [0.15, 0.2) is 0 Å². The molecule has 2 nitrogen and oxygen atoms in total. The molecule has 1 aromatic rings. The Morgan fingerprint density at radius 1 is 1.38 bits per heavy atom.